The molecule has 13 heavy (non-hydrogen) atoms. The fourth-order valence-corrected chi connectivity index (χ4v) is 1.04. The van der Waals surface area contributed by atoms with E-state index in [2.05, 4.69) is 0 Å². The Hall–Kier alpha value is -1.64. The summed E-state index contributed by atoms with van der Waals surface area (Å²) in [5.41, 5.74) is 7.33. The van der Waals surface area contributed by atoms with Crippen LogP contribution in [0.5, 0.6) is 0 Å². The summed E-state index contributed by atoms with van der Waals surface area (Å²) in [5.74, 6) is -0.395. The van der Waals surface area contributed by atoms with Crippen LogP contribution in [0.1, 0.15) is 11.1 Å². The molecular weight excluding hydrogens is 169 g/mol. The molecule has 2 N–H and O–H groups in total. The largest absolute Gasteiger partial charge is 0.398 e. The van der Waals surface area contributed by atoms with E-state index in [0.717, 1.165) is 5.56 Å². The average molecular weight is 179 g/mol. The van der Waals surface area contributed by atoms with E-state index in [1.54, 1.807) is 6.92 Å². The number of carbonyl (C=O) groups excluding carboxylic acids is 1. The standard InChI is InChI=1S/C10H10FNO/c1-7-8(3-2-4-13)5-9(11)6-10(7)12/h2-6H,12H2,1H3. The molecule has 0 saturated carbocycles. The molecule has 0 radical (unpaired) electrons. The number of rotatable bonds is 2. The molecule has 1 aromatic carbocycles. The third-order valence-electron chi connectivity index (χ3n) is 1.81. The van der Waals surface area contributed by atoms with Gasteiger partial charge in [-0.15, -0.1) is 0 Å². The number of nitrogens with two attached hydrogens (primary N) is 1. The molecule has 0 spiro atoms. The van der Waals surface area contributed by atoms with E-state index in [1.165, 1.54) is 24.3 Å². The predicted molar refractivity (Wildman–Crippen MR) is 50.6 cm³/mol. The van der Waals surface area contributed by atoms with E-state index in [0.29, 0.717) is 17.5 Å². The maximum Gasteiger partial charge on any atom is 0.142 e. The molecule has 0 fully saturated rings. The highest BCUT2D eigenvalue weighted by atomic mass is 19.1. The molecule has 1 aromatic rings. The number of halogens is 1. The lowest BCUT2D eigenvalue weighted by molar-refractivity contribution is -0.104. The Labute approximate surface area is 75.9 Å². The number of anilines is 1. The fraction of sp³-hybridized carbons (Fsp3) is 0.100. The van der Waals surface area contributed by atoms with Crippen LogP contribution in [-0.4, -0.2) is 6.29 Å². The monoisotopic (exact) mass is 179 g/mol. The van der Waals surface area contributed by atoms with Crippen LogP contribution in [0.15, 0.2) is 18.2 Å². The van der Waals surface area contributed by atoms with Gasteiger partial charge in [0.25, 0.3) is 0 Å². The maximum atomic E-state index is 12.8. The fourth-order valence-electron chi connectivity index (χ4n) is 1.04. The van der Waals surface area contributed by atoms with Gasteiger partial charge in [-0.2, -0.15) is 0 Å². The molecule has 0 atom stereocenters. The minimum Gasteiger partial charge on any atom is -0.398 e. The lowest BCUT2D eigenvalue weighted by atomic mass is 10.1. The smallest absolute Gasteiger partial charge is 0.142 e. The predicted octanol–water partition coefficient (Wildman–Crippen LogP) is 1.93. The van der Waals surface area contributed by atoms with Gasteiger partial charge in [0.2, 0.25) is 0 Å². The van der Waals surface area contributed by atoms with Crippen molar-refractivity contribution in [1.82, 2.24) is 0 Å². The zero-order chi connectivity index (χ0) is 9.84. The Bertz CT molecular complexity index is 358. The van der Waals surface area contributed by atoms with Gasteiger partial charge in [-0.1, -0.05) is 6.08 Å². The highest BCUT2D eigenvalue weighted by Gasteiger charge is 2.01. The third kappa shape index (κ3) is 2.15. The SMILES string of the molecule is Cc1c(N)cc(F)cc1C=CC=O. The molecule has 2 nitrogen and oxygen atoms in total. The van der Waals surface area contributed by atoms with Crippen LogP contribution < -0.4 is 5.73 Å². The van der Waals surface area contributed by atoms with Crippen LogP contribution in [0.25, 0.3) is 6.08 Å². The summed E-state index contributed by atoms with van der Waals surface area (Å²) in [7, 11) is 0. The van der Waals surface area contributed by atoms with Gasteiger partial charge in [0.05, 0.1) is 0 Å². The number of nitrogen functional groups attached to an aromatic ring is 1. The lowest BCUT2D eigenvalue weighted by Gasteiger charge is -2.03. The van der Waals surface area contributed by atoms with Crippen molar-refractivity contribution in [2.75, 3.05) is 5.73 Å². The van der Waals surface area contributed by atoms with E-state index in [9.17, 15) is 9.18 Å². The summed E-state index contributed by atoms with van der Waals surface area (Å²) in [4.78, 5) is 10.0. The molecule has 0 aromatic heterocycles. The molecule has 0 heterocycles. The third-order valence-corrected chi connectivity index (χ3v) is 1.81. The van der Waals surface area contributed by atoms with Crippen LogP contribution in [0.2, 0.25) is 0 Å². The average Bonchev–Trinajstić information content (AvgIpc) is 2.09. The van der Waals surface area contributed by atoms with Crippen molar-refractivity contribution >= 4 is 18.0 Å². The minimum absolute atomic E-state index is 0.394. The Morgan fingerprint density at radius 3 is 2.77 bits per heavy atom. The summed E-state index contributed by atoms with van der Waals surface area (Å²) >= 11 is 0. The Morgan fingerprint density at radius 2 is 2.15 bits per heavy atom. The van der Waals surface area contributed by atoms with Crippen molar-refractivity contribution in [1.29, 1.82) is 0 Å². The van der Waals surface area contributed by atoms with E-state index >= 15 is 0 Å². The molecule has 3 heteroatoms. The van der Waals surface area contributed by atoms with Crippen molar-refractivity contribution in [3.63, 3.8) is 0 Å². The molecule has 0 aliphatic heterocycles. The first-order valence-corrected chi connectivity index (χ1v) is 3.82. The first-order chi connectivity index (χ1) is 6.15. The van der Waals surface area contributed by atoms with Gasteiger partial charge in [-0.05, 0) is 36.3 Å². The second-order valence-corrected chi connectivity index (χ2v) is 2.70. The first-order valence-electron chi connectivity index (χ1n) is 3.82. The van der Waals surface area contributed by atoms with Crippen molar-refractivity contribution < 1.29 is 9.18 Å². The number of allylic oxidation sites excluding steroid dienone is 1. The number of aldehydes is 1. The normalized spacial score (nSPS) is 10.6. The van der Waals surface area contributed by atoms with Gasteiger partial charge >= 0.3 is 0 Å². The van der Waals surface area contributed by atoms with Crippen LogP contribution in [0.4, 0.5) is 10.1 Å². The second kappa shape index (κ2) is 3.85. The zero-order valence-corrected chi connectivity index (χ0v) is 7.25. The quantitative estimate of drug-likeness (QED) is 0.428. The molecule has 0 unspecified atom stereocenters. The Balaban J connectivity index is 3.19. The van der Waals surface area contributed by atoms with Gasteiger partial charge in [0, 0.05) is 5.69 Å². The van der Waals surface area contributed by atoms with E-state index in [1.807, 2.05) is 0 Å². The van der Waals surface area contributed by atoms with Crippen LogP contribution in [0.3, 0.4) is 0 Å². The topological polar surface area (TPSA) is 43.1 Å². The summed E-state index contributed by atoms with van der Waals surface area (Å²) in [5, 5.41) is 0. The summed E-state index contributed by atoms with van der Waals surface area (Å²) in [6.07, 6.45) is 3.48. The number of carbonyl (C=O) groups is 1. The molecule has 0 aliphatic carbocycles. The van der Waals surface area contributed by atoms with Crippen molar-refractivity contribution in [2.45, 2.75) is 6.92 Å². The molecule has 0 saturated heterocycles. The molecule has 68 valence electrons. The van der Waals surface area contributed by atoms with Gasteiger partial charge < -0.3 is 5.73 Å². The van der Waals surface area contributed by atoms with E-state index in [4.69, 9.17) is 5.73 Å². The van der Waals surface area contributed by atoms with Gasteiger partial charge in [-0.3, -0.25) is 4.79 Å². The molecular formula is C10H10FNO. The van der Waals surface area contributed by atoms with Crippen LogP contribution in [0, 0.1) is 12.7 Å². The van der Waals surface area contributed by atoms with Crippen molar-refractivity contribution in [2.24, 2.45) is 0 Å². The molecule has 1 rings (SSSR count). The van der Waals surface area contributed by atoms with Gasteiger partial charge in [0.15, 0.2) is 0 Å². The van der Waals surface area contributed by atoms with Gasteiger partial charge in [-0.25, -0.2) is 4.39 Å². The van der Waals surface area contributed by atoms with Crippen LogP contribution in [-0.2, 0) is 4.79 Å². The number of hydrogen-bond acceptors (Lipinski definition) is 2. The zero-order valence-electron chi connectivity index (χ0n) is 7.25. The van der Waals surface area contributed by atoms with Crippen LogP contribution >= 0.6 is 0 Å². The summed E-state index contributed by atoms with van der Waals surface area (Å²) in [6, 6.07) is 2.60. The van der Waals surface area contributed by atoms with E-state index in [-0.39, 0.29) is 0 Å². The highest BCUT2D eigenvalue weighted by Crippen LogP contribution is 2.19. The summed E-state index contributed by atoms with van der Waals surface area (Å²) in [6.45, 7) is 1.78. The Morgan fingerprint density at radius 1 is 1.46 bits per heavy atom. The molecule has 0 bridgehead atoms. The van der Waals surface area contributed by atoms with Crippen molar-refractivity contribution in [3.05, 3.63) is 35.2 Å². The number of benzene rings is 1. The minimum atomic E-state index is -0.395. The summed E-state index contributed by atoms with van der Waals surface area (Å²) < 4.78 is 12.8. The molecule has 0 aliphatic rings. The van der Waals surface area contributed by atoms with E-state index < -0.39 is 5.82 Å². The Kier molecular flexibility index (Phi) is 2.80. The van der Waals surface area contributed by atoms with Gasteiger partial charge in [0.1, 0.15) is 12.1 Å². The second-order valence-electron chi connectivity index (χ2n) is 2.70. The lowest BCUT2D eigenvalue weighted by Crippen LogP contribution is -1.93. The van der Waals surface area contributed by atoms with Crippen molar-refractivity contribution in [3.8, 4) is 0 Å². The first kappa shape index (κ1) is 9.45. The molecule has 0 amide bonds. The number of hydrogen-bond donors (Lipinski definition) is 1. The highest BCUT2D eigenvalue weighted by molar-refractivity contribution is 5.75. The maximum absolute atomic E-state index is 12.8.